The Labute approximate surface area is 266 Å². The van der Waals surface area contributed by atoms with Crippen molar-refractivity contribution in [1.82, 2.24) is 14.5 Å². The van der Waals surface area contributed by atoms with Gasteiger partial charge in [0.2, 0.25) is 0 Å². The van der Waals surface area contributed by atoms with Crippen LogP contribution >= 0.6 is 22.7 Å². The lowest BCUT2D eigenvalue weighted by atomic mass is 10.1. The van der Waals surface area contributed by atoms with Crippen molar-refractivity contribution in [1.29, 1.82) is 0 Å². The minimum absolute atomic E-state index is 0.750. The number of hydrogen-bond acceptors (Lipinski definition) is 4. The second-order valence-electron chi connectivity index (χ2n) is 11.4. The second-order valence-corrected chi connectivity index (χ2v) is 13.5. The third kappa shape index (κ3) is 3.75. The Morgan fingerprint density at radius 3 is 1.96 bits per heavy atom. The summed E-state index contributed by atoms with van der Waals surface area (Å²) in [6.45, 7) is 0. The Hall–Kier alpha value is -5.36. The van der Waals surface area contributed by atoms with Crippen LogP contribution in [-0.2, 0) is 0 Å². The fraction of sp³-hybridized carbons (Fsp3) is 0. The first kappa shape index (κ1) is 25.0. The molecule has 0 aliphatic heterocycles. The van der Waals surface area contributed by atoms with Gasteiger partial charge in [-0.25, -0.2) is 9.97 Å². The highest BCUT2D eigenvalue weighted by Gasteiger charge is 2.18. The van der Waals surface area contributed by atoms with E-state index in [2.05, 4.69) is 126 Å². The van der Waals surface area contributed by atoms with Gasteiger partial charge in [0.05, 0.1) is 26.9 Å². The highest BCUT2D eigenvalue weighted by molar-refractivity contribution is 7.26. The third-order valence-corrected chi connectivity index (χ3v) is 11.1. The lowest BCUT2D eigenvalue weighted by Crippen LogP contribution is -1.95. The predicted octanol–water partition coefficient (Wildman–Crippen LogP) is 11.6. The zero-order valence-corrected chi connectivity index (χ0v) is 25.6. The SMILES string of the molecule is c1ccc(-c2nc(-c3ccc(-n4c5ccccc5c5cc6sc7ccccc7c6cc54)cc3)c3sc4ccccc4c3n2)cc1. The van der Waals surface area contributed by atoms with Crippen molar-refractivity contribution in [2.75, 3.05) is 0 Å². The number of thiophene rings is 2. The Bertz CT molecular complexity index is 2750. The summed E-state index contributed by atoms with van der Waals surface area (Å²) >= 11 is 3.64. The molecule has 0 spiro atoms. The summed E-state index contributed by atoms with van der Waals surface area (Å²) in [5.41, 5.74) is 7.65. The molecule has 0 saturated carbocycles. The lowest BCUT2D eigenvalue weighted by molar-refractivity contribution is 1.18. The van der Waals surface area contributed by atoms with Crippen LogP contribution in [0.1, 0.15) is 0 Å². The summed E-state index contributed by atoms with van der Waals surface area (Å²) < 4.78 is 7.40. The summed E-state index contributed by atoms with van der Waals surface area (Å²) in [7, 11) is 0. The lowest BCUT2D eigenvalue weighted by Gasteiger charge is -2.11. The number of hydrogen-bond donors (Lipinski definition) is 0. The zero-order valence-electron chi connectivity index (χ0n) is 23.9. The van der Waals surface area contributed by atoms with Gasteiger partial charge in [-0.1, -0.05) is 97.1 Å². The van der Waals surface area contributed by atoms with Crippen molar-refractivity contribution in [2.45, 2.75) is 0 Å². The van der Waals surface area contributed by atoms with E-state index in [9.17, 15) is 0 Å². The molecule has 4 aromatic heterocycles. The monoisotopic (exact) mass is 609 g/mol. The average Bonchev–Trinajstić information content (AvgIpc) is 3.76. The van der Waals surface area contributed by atoms with Crippen molar-refractivity contribution in [3.63, 3.8) is 0 Å². The number of para-hydroxylation sites is 1. The number of nitrogens with zero attached hydrogens (tertiary/aromatic N) is 3. The minimum Gasteiger partial charge on any atom is -0.309 e. The molecule has 4 heterocycles. The Morgan fingerprint density at radius 1 is 0.444 bits per heavy atom. The predicted molar refractivity (Wildman–Crippen MR) is 193 cm³/mol. The van der Waals surface area contributed by atoms with Crippen LogP contribution in [0.4, 0.5) is 0 Å². The highest BCUT2D eigenvalue weighted by Crippen LogP contribution is 2.42. The molecule has 6 aromatic carbocycles. The molecule has 5 heteroatoms. The fourth-order valence-corrected chi connectivity index (χ4v) is 9.02. The highest BCUT2D eigenvalue weighted by atomic mass is 32.1. The van der Waals surface area contributed by atoms with E-state index < -0.39 is 0 Å². The quantitative estimate of drug-likeness (QED) is 0.199. The smallest absolute Gasteiger partial charge is 0.160 e. The molecule has 210 valence electrons. The van der Waals surface area contributed by atoms with E-state index in [1.54, 1.807) is 11.3 Å². The van der Waals surface area contributed by atoms with E-state index in [0.29, 0.717) is 0 Å². The molecule has 0 aliphatic carbocycles. The third-order valence-electron chi connectivity index (χ3n) is 8.82. The van der Waals surface area contributed by atoms with Crippen LogP contribution in [0.15, 0.2) is 140 Å². The van der Waals surface area contributed by atoms with E-state index in [1.807, 2.05) is 29.5 Å². The van der Waals surface area contributed by atoms with Gasteiger partial charge in [-0.2, -0.15) is 0 Å². The van der Waals surface area contributed by atoms with Crippen molar-refractivity contribution >= 4 is 85.0 Å². The van der Waals surface area contributed by atoms with Crippen LogP contribution in [0.2, 0.25) is 0 Å². The number of rotatable bonds is 3. The average molecular weight is 610 g/mol. The summed E-state index contributed by atoms with van der Waals surface area (Å²) in [4.78, 5) is 10.3. The summed E-state index contributed by atoms with van der Waals surface area (Å²) in [6.07, 6.45) is 0. The first-order valence-corrected chi connectivity index (χ1v) is 16.6. The van der Waals surface area contributed by atoms with Gasteiger partial charge in [-0.3, -0.25) is 0 Å². The van der Waals surface area contributed by atoms with Crippen LogP contribution in [0, 0.1) is 0 Å². The molecule has 0 unspecified atom stereocenters. The van der Waals surface area contributed by atoms with Gasteiger partial charge < -0.3 is 4.57 Å². The van der Waals surface area contributed by atoms with E-state index in [1.165, 1.54) is 52.1 Å². The van der Waals surface area contributed by atoms with E-state index in [0.717, 1.165) is 38.5 Å². The molecule has 10 rings (SSSR count). The van der Waals surface area contributed by atoms with Gasteiger partial charge in [-0.05, 0) is 42.5 Å². The van der Waals surface area contributed by atoms with Crippen LogP contribution in [0.25, 0.3) is 90.6 Å². The number of fused-ring (bicyclic) bond motifs is 9. The Kier molecular flexibility index (Phi) is 5.32. The number of benzene rings is 6. The van der Waals surface area contributed by atoms with Crippen molar-refractivity contribution in [3.8, 4) is 28.3 Å². The first-order chi connectivity index (χ1) is 22.3. The van der Waals surface area contributed by atoms with Gasteiger partial charge >= 0.3 is 0 Å². The number of aromatic nitrogens is 3. The topological polar surface area (TPSA) is 30.7 Å². The van der Waals surface area contributed by atoms with Crippen LogP contribution in [0.3, 0.4) is 0 Å². The molecular weight excluding hydrogens is 587 g/mol. The zero-order chi connectivity index (χ0) is 29.5. The first-order valence-electron chi connectivity index (χ1n) is 15.0. The molecule has 0 atom stereocenters. The van der Waals surface area contributed by atoms with Gasteiger partial charge in [0.25, 0.3) is 0 Å². The molecule has 10 aromatic rings. The molecule has 0 fully saturated rings. The molecule has 0 N–H and O–H groups in total. The van der Waals surface area contributed by atoms with E-state index in [-0.39, 0.29) is 0 Å². The molecule has 0 amide bonds. The van der Waals surface area contributed by atoms with E-state index >= 15 is 0 Å². The van der Waals surface area contributed by atoms with Gasteiger partial charge in [0.15, 0.2) is 5.82 Å². The van der Waals surface area contributed by atoms with Gasteiger partial charge in [0, 0.05) is 57.8 Å². The maximum atomic E-state index is 5.18. The largest absolute Gasteiger partial charge is 0.309 e. The molecule has 45 heavy (non-hydrogen) atoms. The fourth-order valence-electron chi connectivity index (χ4n) is 6.74. The normalized spacial score (nSPS) is 12.0. The summed E-state index contributed by atoms with van der Waals surface area (Å²) in [5.74, 6) is 0.750. The molecular formula is C40H23N3S2. The van der Waals surface area contributed by atoms with Crippen LogP contribution in [0.5, 0.6) is 0 Å². The minimum atomic E-state index is 0.750. The maximum absolute atomic E-state index is 5.18. The maximum Gasteiger partial charge on any atom is 0.160 e. The second kappa shape index (κ2) is 9.57. The molecule has 0 bridgehead atoms. The van der Waals surface area contributed by atoms with Crippen LogP contribution < -0.4 is 0 Å². The summed E-state index contributed by atoms with van der Waals surface area (Å²) in [6, 6.07) is 49.9. The molecule has 0 aliphatic rings. The van der Waals surface area contributed by atoms with E-state index in [4.69, 9.17) is 9.97 Å². The standard InChI is InChI=1S/C40H23N3S2/c1-2-10-25(11-3-1)40-41-37(39-38(42-40)29-14-6-9-17-35(29)45-39)24-18-20-26(21-19-24)43-32-15-7-4-12-27(32)30-23-36-31(22-33(30)43)28-13-5-8-16-34(28)44-36/h1-23H. The summed E-state index contributed by atoms with van der Waals surface area (Å²) in [5, 5.41) is 6.35. The van der Waals surface area contributed by atoms with Crippen molar-refractivity contribution in [3.05, 3.63) is 140 Å². The Morgan fingerprint density at radius 2 is 1.13 bits per heavy atom. The van der Waals surface area contributed by atoms with Crippen LogP contribution in [-0.4, -0.2) is 14.5 Å². The van der Waals surface area contributed by atoms with Crippen molar-refractivity contribution in [2.24, 2.45) is 0 Å². The van der Waals surface area contributed by atoms with Gasteiger partial charge in [0.1, 0.15) is 0 Å². The molecule has 0 radical (unpaired) electrons. The van der Waals surface area contributed by atoms with Crippen molar-refractivity contribution < 1.29 is 0 Å². The molecule has 0 saturated heterocycles. The Balaban J connectivity index is 1.19. The van der Waals surface area contributed by atoms with Gasteiger partial charge in [-0.15, -0.1) is 22.7 Å². The molecule has 3 nitrogen and oxygen atoms in total.